The molecule has 0 amide bonds. The van der Waals surface area contributed by atoms with Gasteiger partial charge in [-0.3, -0.25) is 0 Å². The van der Waals surface area contributed by atoms with Gasteiger partial charge in [0.25, 0.3) is 0 Å². The van der Waals surface area contributed by atoms with Crippen LogP contribution < -0.4 is 10.5 Å². The van der Waals surface area contributed by atoms with E-state index in [1.54, 1.807) is 0 Å². The Hall–Kier alpha value is -0.130. The molecule has 1 rings (SSSR count). The fraction of sp³-hybridized carbons (Fsp3) is 1.00. The summed E-state index contributed by atoms with van der Waals surface area (Å²) < 4.78 is 27.1. The Morgan fingerprint density at radius 2 is 1.89 bits per heavy atom. The van der Waals surface area contributed by atoms with Gasteiger partial charge in [-0.05, 0) is 38.1 Å². The molecule has 0 bridgehead atoms. The average Bonchev–Trinajstić information content (AvgIpc) is 2.38. The van der Waals surface area contributed by atoms with Crippen LogP contribution in [0.15, 0.2) is 0 Å². The molecule has 1 unspecified atom stereocenters. The van der Waals surface area contributed by atoms with Crippen molar-refractivity contribution >= 4 is 10.0 Å². The maximum atomic E-state index is 12.2. The first-order valence-corrected chi connectivity index (χ1v) is 8.83. The van der Waals surface area contributed by atoms with Crippen LogP contribution in [0.1, 0.15) is 58.3 Å². The van der Waals surface area contributed by atoms with Crippen molar-refractivity contribution in [1.82, 2.24) is 4.72 Å². The highest BCUT2D eigenvalue weighted by molar-refractivity contribution is 7.90. The largest absolute Gasteiger partial charge is 0.330 e. The Morgan fingerprint density at radius 3 is 2.44 bits per heavy atom. The number of sulfonamides is 1. The van der Waals surface area contributed by atoms with Gasteiger partial charge >= 0.3 is 0 Å². The van der Waals surface area contributed by atoms with Crippen molar-refractivity contribution in [3.05, 3.63) is 0 Å². The van der Waals surface area contributed by atoms with Gasteiger partial charge in [-0.25, -0.2) is 13.1 Å². The lowest BCUT2D eigenvalue weighted by molar-refractivity contribution is 0.434. The molecule has 1 aliphatic rings. The molecule has 1 fully saturated rings. The van der Waals surface area contributed by atoms with E-state index in [9.17, 15) is 8.42 Å². The number of nitrogens with two attached hydrogens (primary N) is 1. The highest BCUT2D eigenvalue weighted by atomic mass is 32.2. The van der Waals surface area contributed by atoms with Gasteiger partial charge in [0.2, 0.25) is 10.0 Å². The van der Waals surface area contributed by atoms with E-state index in [0.717, 1.165) is 44.9 Å². The van der Waals surface area contributed by atoms with Crippen molar-refractivity contribution in [2.75, 3.05) is 13.1 Å². The number of nitrogens with one attached hydrogen (secondary N) is 1. The summed E-state index contributed by atoms with van der Waals surface area (Å²) >= 11 is 0. The zero-order chi connectivity index (χ0) is 13.4. The topological polar surface area (TPSA) is 72.2 Å². The molecule has 1 saturated carbocycles. The van der Waals surface area contributed by atoms with E-state index in [1.807, 2.05) is 0 Å². The van der Waals surface area contributed by atoms with Gasteiger partial charge in [-0.2, -0.15) is 0 Å². The lowest BCUT2D eigenvalue weighted by Crippen LogP contribution is -2.38. The molecule has 0 heterocycles. The molecule has 0 aliphatic heterocycles. The fourth-order valence-corrected chi connectivity index (χ4v) is 4.38. The van der Waals surface area contributed by atoms with Crippen LogP contribution in [0.3, 0.4) is 0 Å². The van der Waals surface area contributed by atoms with Gasteiger partial charge in [0.05, 0.1) is 5.25 Å². The van der Waals surface area contributed by atoms with Crippen LogP contribution in [0.4, 0.5) is 0 Å². The molecule has 3 N–H and O–H groups in total. The van der Waals surface area contributed by atoms with Crippen LogP contribution in [0.2, 0.25) is 0 Å². The van der Waals surface area contributed by atoms with Crippen LogP contribution in [0.5, 0.6) is 0 Å². The van der Waals surface area contributed by atoms with Gasteiger partial charge in [-0.1, -0.05) is 32.6 Å². The summed E-state index contributed by atoms with van der Waals surface area (Å²) in [7, 11) is -3.11. The molecule has 5 heteroatoms. The van der Waals surface area contributed by atoms with E-state index >= 15 is 0 Å². The van der Waals surface area contributed by atoms with Crippen molar-refractivity contribution in [2.24, 2.45) is 11.7 Å². The molecule has 0 radical (unpaired) electrons. The second-order valence-corrected chi connectivity index (χ2v) is 7.43. The van der Waals surface area contributed by atoms with Crippen molar-refractivity contribution in [3.8, 4) is 0 Å². The molecule has 18 heavy (non-hydrogen) atoms. The molecule has 0 aromatic heterocycles. The van der Waals surface area contributed by atoms with Crippen LogP contribution in [0, 0.1) is 5.92 Å². The van der Waals surface area contributed by atoms with Gasteiger partial charge < -0.3 is 5.73 Å². The first-order valence-electron chi connectivity index (χ1n) is 7.28. The van der Waals surface area contributed by atoms with Crippen molar-refractivity contribution in [2.45, 2.75) is 63.5 Å². The molecular formula is C13H28N2O2S. The molecular weight excluding hydrogens is 248 g/mol. The summed E-state index contributed by atoms with van der Waals surface area (Å²) in [5.41, 5.74) is 5.56. The van der Waals surface area contributed by atoms with Crippen LogP contribution in [-0.2, 0) is 10.0 Å². The van der Waals surface area contributed by atoms with E-state index < -0.39 is 10.0 Å². The molecule has 0 spiro atoms. The van der Waals surface area contributed by atoms with Gasteiger partial charge in [-0.15, -0.1) is 0 Å². The SMILES string of the molecule is CCCC(CCN)CNS(=O)(=O)C1CCCCC1. The standard InChI is InChI=1S/C13H28N2O2S/c1-2-6-12(9-10-14)11-15-18(16,17)13-7-4-3-5-8-13/h12-13,15H,2-11,14H2,1H3. The van der Waals surface area contributed by atoms with E-state index in [2.05, 4.69) is 11.6 Å². The third kappa shape index (κ3) is 5.24. The van der Waals surface area contributed by atoms with Crippen LogP contribution >= 0.6 is 0 Å². The summed E-state index contributed by atoms with van der Waals surface area (Å²) in [5.74, 6) is 0.387. The first-order chi connectivity index (χ1) is 8.60. The quantitative estimate of drug-likeness (QED) is 0.712. The summed E-state index contributed by atoms with van der Waals surface area (Å²) in [4.78, 5) is 0. The highest BCUT2D eigenvalue weighted by Gasteiger charge is 2.27. The first kappa shape index (κ1) is 15.9. The Kier molecular flexibility index (Phi) is 7.19. The summed E-state index contributed by atoms with van der Waals surface area (Å²) in [5, 5.41) is -0.161. The minimum absolute atomic E-state index is 0.161. The molecule has 0 aromatic carbocycles. The van der Waals surface area contributed by atoms with Crippen molar-refractivity contribution < 1.29 is 8.42 Å². The van der Waals surface area contributed by atoms with Crippen LogP contribution in [-0.4, -0.2) is 26.8 Å². The van der Waals surface area contributed by atoms with E-state index in [-0.39, 0.29) is 5.25 Å². The highest BCUT2D eigenvalue weighted by Crippen LogP contribution is 2.23. The summed E-state index contributed by atoms with van der Waals surface area (Å²) in [6, 6.07) is 0. The monoisotopic (exact) mass is 276 g/mol. The fourth-order valence-electron chi connectivity index (χ4n) is 2.72. The Bertz CT molecular complexity index is 305. The second kappa shape index (κ2) is 8.12. The molecule has 1 aliphatic carbocycles. The van der Waals surface area contributed by atoms with E-state index in [0.29, 0.717) is 19.0 Å². The third-order valence-electron chi connectivity index (χ3n) is 3.84. The average molecular weight is 276 g/mol. The normalized spacial score (nSPS) is 19.9. The molecule has 1 atom stereocenters. The second-order valence-electron chi connectivity index (χ2n) is 5.39. The number of hydrogen-bond donors (Lipinski definition) is 2. The van der Waals surface area contributed by atoms with Gasteiger partial charge in [0.15, 0.2) is 0 Å². The maximum Gasteiger partial charge on any atom is 0.214 e. The van der Waals surface area contributed by atoms with Gasteiger partial charge in [0, 0.05) is 6.54 Å². The van der Waals surface area contributed by atoms with E-state index in [1.165, 1.54) is 6.42 Å². The van der Waals surface area contributed by atoms with Crippen LogP contribution in [0.25, 0.3) is 0 Å². The summed E-state index contributed by atoms with van der Waals surface area (Å²) in [6.45, 7) is 3.32. The minimum atomic E-state index is -3.11. The zero-order valence-electron chi connectivity index (χ0n) is 11.5. The van der Waals surface area contributed by atoms with Gasteiger partial charge in [0.1, 0.15) is 0 Å². The van der Waals surface area contributed by atoms with Crippen molar-refractivity contribution in [1.29, 1.82) is 0 Å². The molecule has 108 valence electrons. The molecule has 4 nitrogen and oxygen atoms in total. The predicted octanol–water partition coefficient (Wildman–Crippen LogP) is 2.00. The summed E-state index contributed by atoms with van der Waals surface area (Å²) in [6.07, 6.45) is 7.95. The van der Waals surface area contributed by atoms with Crippen molar-refractivity contribution in [3.63, 3.8) is 0 Å². The lowest BCUT2D eigenvalue weighted by atomic mass is 10.0. The maximum absolute atomic E-state index is 12.2. The smallest absolute Gasteiger partial charge is 0.214 e. The predicted molar refractivity (Wildman–Crippen MR) is 75.9 cm³/mol. The zero-order valence-corrected chi connectivity index (χ0v) is 12.3. The molecule has 0 aromatic rings. The van der Waals surface area contributed by atoms with E-state index in [4.69, 9.17) is 5.73 Å². The number of rotatable bonds is 8. The lowest BCUT2D eigenvalue weighted by Gasteiger charge is -2.23. The number of hydrogen-bond acceptors (Lipinski definition) is 3. The minimum Gasteiger partial charge on any atom is -0.330 e. The third-order valence-corrected chi connectivity index (χ3v) is 5.75. The molecule has 0 saturated heterocycles. The Balaban J connectivity index is 2.43. The Morgan fingerprint density at radius 1 is 1.22 bits per heavy atom. The Labute approximate surface area is 112 Å².